The zero-order valence-corrected chi connectivity index (χ0v) is 15.2. The molecule has 0 saturated heterocycles. The first-order chi connectivity index (χ1) is 11.4. The number of carbonyl (C=O) groups is 1. The van der Waals surface area contributed by atoms with Gasteiger partial charge in [0.05, 0.1) is 0 Å². The van der Waals surface area contributed by atoms with Gasteiger partial charge in [0.25, 0.3) is 0 Å². The highest BCUT2D eigenvalue weighted by Crippen LogP contribution is 2.21. The van der Waals surface area contributed by atoms with E-state index in [1.54, 1.807) is 0 Å². The molecule has 0 radical (unpaired) electrons. The Balaban J connectivity index is 0.00000312. The van der Waals surface area contributed by atoms with Gasteiger partial charge in [0.15, 0.2) is 28.4 Å². The Hall–Kier alpha value is -2.29. The molecule has 1 amide bonds. The summed E-state index contributed by atoms with van der Waals surface area (Å²) in [5.41, 5.74) is 16.9. The van der Waals surface area contributed by atoms with Gasteiger partial charge in [-0.2, -0.15) is 4.99 Å². The number of nitrogens with one attached hydrogen (secondary N) is 1. The molecular formula is C14H16Cl3N7O. The minimum Gasteiger partial charge on any atom is -0.382 e. The van der Waals surface area contributed by atoms with E-state index in [9.17, 15) is 4.79 Å². The van der Waals surface area contributed by atoms with E-state index in [-0.39, 0.29) is 34.9 Å². The molecular weight excluding hydrogens is 389 g/mol. The molecule has 0 fully saturated rings. The van der Waals surface area contributed by atoms with Crippen LogP contribution in [0.5, 0.6) is 0 Å². The second-order valence-corrected chi connectivity index (χ2v) is 5.54. The van der Waals surface area contributed by atoms with Crippen molar-refractivity contribution in [2.75, 3.05) is 17.6 Å². The van der Waals surface area contributed by atoms with E-state index in [0.29, 0.717) is 18.0 Å². The van der Waals surface area contributed by atoms with Crippen molar-refractivity contribution in [1.82, 2.24) is 9.97 Å². The van der Waals surface area contributed by atoms with Gasteiger partial charge in [0.1, 0.15) is 0 Å². The molecule has 0 aliphatic heterocycles. The van der Waals surface area contributed by atoms with Crippen LogP contribution in [0.4, 0.5) is 11.6 Å². The Labute approximate surface area is 160 Å². The van der Waals surface area contributed by atoms with Crippen LogP contribution >= 0.6 is 35.6 Å². The number of aliphatic imine (C=N–C) groups is 1. The molecule has 8 nitrogen and oxygen atoms in total. The Morgan fingerprint density at radius 2 is 1.80 bits per heavy atom. The number of rotatable bonds is 5. The number of amides is 1. The highest BCUT2D eigenvalue weighted by Gasteiger charge is 2.16. The van der Waals surface area contributed by atoms with Crippen molar-refractivity contribution in [3.8, 4) is 0 Å². The third-order valence-corrected chi connectivity index (χ3v) is 3.45. The highest BCUT2D eigenvalue weighted by atomic mass is 35.5. The van der Waals surface area contributed by atoms with Gasteiger partial charge in [0.2, 0.25) is 0 Å². The van der Waals surface area contributed by atoms with Crippen LogP contribution in [-0.2, 0) is 6.42 Å². The molecule has 0 aliphatic carbocycles. The van der Waals surface area contributed by atoms with Crippen molar-refractivity contribution in [3.63, 3.8) is 0 Å². The van der Waals surface area contributed by atoms with Crippen LogP contribution in [0.25, 0.3) is 0 Å². The van der Waals surface area contributed by atoms with E-state index < -0.39 is 11.9 Å². The summed E-state index contributed by atoms with van der Waals surface area (Å²) in [5, 5.41) is 3.68. The first-order valence-electron chi connectivity index (χ1n) is 6.82. The van der Waals surface area contributed by atoms with Gasteiger partial charge < -0.3 is 22.5 Å². The zero-order valence-electron chi connectivity index (χ0n) is 12.9. The maximum Gasteiger partial charge on any atom is 0.302 e. The summed E-state index contributed by atoms with van der Waals surface area (Å²) in [4.78, 5) is 23.0. The summed E-state index contributed by atoms with van der Waals surface area (Å²) in [6.07, 6.45) is 0.712. The third kappa shape index (κ3) is 5.93. The number of nitrogens with zero attached hydrogens (tertiary/aromatic N) is 3. The standard InChI is InChI=1S/C14H15Cl2N7O.ClH/c15-8-3-1-7(2-4-8)5-6-20-12-10(16)21-9(11(17)22-12)13(24)23-14(18)19;/h1-4H,5-6H2,(H3,17,20,22)(H4,18,19,23,24);1H. The van der Waals surface area contributed by atoms with E-state index in [1.807, 2.05) is 24.3 Å². The predicted octanol–water partition coefficient (Wildman–Crippen LogP) is 1.86. The first-order valence-corrected chi connectivity index (χ1v) is 7.57. The van der Waals surface area contributed by atoms with Crippen LogP contribution in [0.15, 0.2) is 29.3 Å². The summed E-state index contributed by atoms with van der Waals surface area (Å²) in [6.45, 7) is 0.538. The fourth-order valence-electron chi connectivity index (χ4n) is 1.84. The quantitative estimate of drug-likeness (QED) is 0.439. The summed E-state index contributed by atoms with van der Waals surface area (Å²) >= 11 is 11.8. The Kier molecular flexibility index (Phi) is 7.69. The molecule has 1 heterocycles. The number of nitrogen functional groups attached to an aromatic ring is 1. The fraction of sp³-hybridized carbons (Fsp3) is 0.143. The van der Waals surface area contributed by atoms with E-state index in [4.69, 9.17) is 40.4 Å². The number of guanidine groups is 1. The maximum absolute atomic E-state index is 11.7. The summed E-state index contributed by atoms with van der Waals surface area (Å²) in [5.74, 6) is -1.06. The van der Waals surface area contributed by atoms with Crippen molar-refractivity contribution in [2.24, 2.45) is 16.5 Å². The normalized spacial score (nSPS) is 9.84. The van der Waals surface area contributed by atoms with Crippen LogP contribution in [0.1, 0.15) is 16.1 Å². The van der Waals surface area contributed by atoms with Crippen molar-refractivity contribution >= 4 is 59.1 Å². The minimum absolute atomic E-state index is 0. The zero-order chi connectivity index (χ0) is 17.7. The first kappa shape index (κ1) is 20.8. The maximum atomic E-state index is 11.7. The molecule has 0 bridgehead atoms. The van der Waals surface area contributed by atoms with Crippen molar-refractivity contribution < 1.29 is 4.79 Å². The predicted molar refractivity (Wildman–Crippen MR) is 102 cm³/mol. The van der Waals surface area contributed by atoms with Crippen LogP contribution in [0.2, 0.25) is 10.2 Å². The number of benzene rings is 1. The molecule has 0 saturated carbocycles. The van der Waals surface area contributed by atoms with Gasteiger partial charge >= 0.3 is 5.91 Å². The molecule has 1 aromatic heterocycles. The number of carbonyl (C=O) groups excluding carboxylic acids is 1. The summed E-state index contributed by atoms with van der Waals surface area (Å²) in [6, 6.07) is 7.46. The molecule has 2 aromatic rings. The Bertz CT molecular complexity index is 777. The average molecular weight is 405 g/mol. The van der Waals surface area contributed by atoms with Crippen LogP contribution in [0.3, 0.4) is 0 Å². The summed E-state index contributed by atoms with van der Waals surface area (Å²) < 4.78 is 0. The monoisotopic (exact) mass is 403 g/mol. The minimum atomic E-state index is -0.811. The molecule has 0 spiro atoms. The molecule has 0 unspecified atom stereocenters. The second-order valence-electron chi connectivity index (χ2n) is 4.74. The smallest absolute Gasteiger partial charge is 0.302 e. The lowest BCUT2D eigenvalue weighted by molar-refractivity contribution is 0.0998. The number of halogens is 3. The summed E-state index contributed by atoms with van der Waals surface area (Å²) in [7, 11) is 0. The number of hydrogen-bond acceptors (Lipinski definition) is 5. The van der Waals surface area contributed by atoms with Gasteiger partial charge in [-0.05, 0) is 24.1 Å². The Morgan fingerprint density at radius 1 is 1.16 bits per heavy atom. The van der Waals surface area contributed by atoms with E-state index in [0.717, 1.165) is 5.56 Å². The fourth-order valence-corrected chi connectivity index (χ4v) is 2.16. The molecule has 1 aromatic carbocycles. The van der Waals surface area contributed by atoms with Crippen LogP contribution < -0.4 is 22.5 Å². The van der Waals surface area contributed by atoms with Crippen LogP contribution in [0, 0.1) is 0 Å². The number of hydrogen-bond donors (Lipinski definition) is 4. The molecule has 7 N–H and O–H groups in total. The highest BCUT2D eigenvalue weighted by molar-refractivity contribution is 6.32. The van der Waals surface area contributed by atoms with Crippen LogP contribution in [-0.4, -0.2) is 28.4 Å². The van der Waals surface area contributed by atoms with E-state index in [1.165, 1.54) is 0 Å². The SMILES string of the molecule is Cl.NC(N)=NC(=O)c1nc(Cl)c(NCCc2ccc(Cl)cc2)nc1N. The van der Waals surface area contributed by atoms with Gasteiger partial charge in [-0.3, -0.25) is 4.79 Å². The van der Waals surface area contributed by atoms with Gasteiger partial charge in [-0.15, -0.1) is 12.4 Å². The largest absolute Gasteiger partial charge is 0.382 e. The van der Waals surface area contributed by atoms with E-state index in [2.05, 4.69) is 20.3 Å². The van der Waals surface area contributed by atoms with Gasteiger partial charge in [-0.25, -0.2) is 9.97 Å². The molecule has 2 rings (SSSR count). The van der Waals surface area contributed by atoms with Crippen molar-refractivity contribution in [2.45, 2.75) is 6.42 Å². The average Bonchev–Trinajstić information content (AvgIpc) is 2.51. The van der Waals surface area contributed by atoms with Gasteiger partial charge in [-0.1, -0.05) is 35.3 Å². The number of anilines is 2. The molecule has 25 heavy (non-hydrogen) atoms. The third-order valence-electron chi connectivity index (χ3n) is 2.93. The van der Waals surface area contributed by atoms with Crippen molar-refractivity contribution in [1.29, 1.82) is 0 Å². The van der Waals surface area contributed by atoms with Gasteiger partial charge in [0, 0.05) is 11.6 Å². The lowest BCUT2D eigenvalue weighted by Gasteiger charge is -2.09. The Morgan fingerprint density at radius 3 is 2.40 bits per heavy atom. The number of nitrogens with two attached hydrogens (primary N) is 3. The molecule has 11 heteroatoms. The second kappa shape index (κ2) is 9.26. The number of aromatic nitrogens is 2. The van der Waals surface area contributed by atoms with E-state index >= 15 is 0 Å². The topological polar surface area (TPSA) is 145 Å². The lowest BCUT2D eigenvalue weighted by atomic mass is 10.1. The van der Waals surface area contributed by atoms with Crippen molar-refractivity contribution in [3.05, 3.63) is 45.7 Å². The molecule has 0 atom stereocenters. The molecule has 134 valence electrons. The lowest BCUT2D eigenvalue weighted by Crippen LogP contribution is -2.25. The molecule has 0 aliphatic rings.